The number of nitrogens with one attached hydrogen (secondary N) is 1. The topological polar surface area (TPSA) is 88.2 Å². The number of benzene rings is 2. The van der Waals surface area contributed by atoms with E-state index in [1.807, 2.05) is 30.3 Å². The van der Waals surface area contributed by atoms with Gasteiger partial charge in [-0.3, -0.25) is 9.59 Å². The van der Waals surface area contributed by atoms with Crippen LogP contribution in [0.2, 0.25) is 0 Å². The van der Waals surface area contributed by atoms with Gasteiger partial charge in [0.05, 0.1) is 6.61 Å². The number of amides is 3. The summed E-state index contributed by atoms with van der Waals surface area (Å²) in [6.45, 7) is 3.29. The first-order valence-electron chi connectivity index (χ1n) is 9.41. The maximum atomic E-state index is 12.4. The fraction of sp³-hybridized carbons (Fsp3) is 0.286. The Hall–Kier alpha value is -3.55. The zero-order valence-corrected chi connectivity index (χ0v) is 16.2. The molecule has 0 bridgehead atoms. The minimum atomic E-state index is -0.716. The van der Waals surface area contributed by atoms with E-state index in [0.717, 1.165) is 0 Å². The summed E-state index contributed by atoms with van der Waals surface area (Å²) in [6.07, 6.45) is -0.401. The van der Waals surface area contributed by atoms with E-state index in [0.29, 0.717) is 36.9 Å². The smallest absolute Gasteiger partial charge is 0.409 e. The monoisotopic (exact) mass is 397 g/mol. The Morgan fingerprint density at radius 1 is 0.862 bits per heavy atom. The van der Waals surface area contributed by atoms with Crippen LogP contribution in [0, 0.1) is 0 Å². The van der Waals surface area contributed by atoms with E-state index in [4.69, 9.17) is 9.47 Å². The zero-order chi connectivity index (χ0) is 20.6. The number of nitrogens with zero attached hydrogens (tertiary/aromatic N) is 2. The number of piperazine rings is 1. The second kappa shape index (κ2) is 9.59. The Morgan fingerprint density at radius 2 is 1.45 bits per heavy atom. The number of rotatable bonds is 4. The van der Waals surface area contributed by atoms with Gasteiger partial charge in [-0.1, -0.05) is 18.2 Å². The molecule has 1 heterocycles. The maximum Gasteiger partial charge on any atom is 0.409 e. The molecule has 1 fully saturated rings. The van der Waals surface area contributed by atoms with Gasteiger partial charge in [-0.15, -0.1) is 0 Å². The van der Waals surface area contributed by atoms with Gasteiger partial charge >= 0.3 is 17.9 Å². The van der Waals surface area contributed by atoms with Crippen LogP contribution in [0.3, 0.4) is 0 Å². The van der Waals surface area contributed by atoms with Gasteiger partial charge in [0.1, 0.15) is 11.5 Å². The van der Waals surface area contributed by atoms with Crippen molar-refractivity contribution in [2.75, 3.05) is 38.1 Å². The van der Waals surface area contributed by atoms with Crippen molar-refractivity contribution in [3.63, 3.8) is 0 Å². The molecule has 0 unspecified atom stereocenters. The molecule has 8 heteroatoms. The maximum absolute atomic E-state index is 12.4. The van der Waals surface area contributed by atoms with Crippen LogP contribution < -0.4 is 10.1 Å². The third kappa shape index (κ3) is 5.47. The molecule has 0 aliphatic carbocycles. The standard InChI is InChI=1S/C21H23N3O5/c1-2-28-21(27)24-14-12-23(13-15-24)20(26)19(25)22-16-8-10-18(11-9-16)29-17-6-4-3-5-7-17/h3-11H,2,12-15H2,1H3,(H,22,25). The number of hydrogen-bond acceptors (Lipinski definition) is 5. The molecule has 0 atom stereocenters. The van der Waals surface area contributed by atoms with Crippen molar-refractivity contribution in [3.8, 4) is 11.5 Å². The van der Waals surface area contributed by atoms with Crippen molar-refractivity contribution in [1.82, 2.24) is 9.80 Å². The lowest BCUT2D eigenvalue weighted by molar-refractivity contribution is -0.144. The number of hydrogen-bond donors (Lipinski definition) is 1. The van der Waals surface area contributed by atoms with Crippen molar-refractivity contribution in [2.45, 2.75) is 6.92 Å². The number of ether oxygens (including phenoxy) is 2. The van der Waals surface area contributed by atoms with Crippen molar-refractivity contribution < 1.29 is 23.9 Å². The summed E-state index contributed by atoms with van der Waals surface area (Å²) in [6, 6.07) is 16.1. The summed E-state index contributed by atoms with van der Waals surface area (Å²) in [5.74, 6) is -0.0125. The van der Waals surface area contributed by atoms with Crippen molar-refractivity contribution in [1.29, 1.82) is 0 Å². The van der Waals surface area contributed by atoms with Gasteiger partial charge in [0, 0.05) is 31.9 Å². The molecule has 0 radical (unpaired) electrons. The SMILES string of the molecule is CCOC(=O)N1CCN(C(=O)C(=O)Nc2ccc(Oc3ccccc3)cc2)CC1. The molecule has 0 spiro atoms. The van der Waals surface area contributed by atoms with E-state index in [1.165, 1.54) is 9.80 Å². The highest BCUT2D eigenvalue weighted by atomic mass is 16.6. The lowest BCUT2D eigenvalue weighted by Gasteiger charge is -2.33. The molecule has 0 aromatic heterocycles. The van der Waals surface area contributed by atoms with E-state index in [1.54, 1.807) is 31.2 Å². The van der Waals surface area contributed by atoms with Crippen LogP contribution in [0.15, 0.2) is 54.6 Å². The summed E-state index contributed by atoms with van der Waals surface area (Å²) in [5.41, 5.74) is 0.494. The van der Waals surface area contributed by atoms with Gasteiger partial charge in [0.25, 0.3) is 0 Å². The normalized spacial score (nSPS) is 13.6. The Kier molecular flexibility index (Phi) is 6.67. The highest BCUT2D eigenvalue weighted by molar-refractivity contribution is 6.39. The highest BCUT2D eigenvalue weighted by Gasteiger charge is 2.28. The average molecular weight is 397 g/mol. The Balaban J connectivity index is 1.50. The van der Waals surface area contributed by atoms with Crippen LogP contribution in [-0.2, 0) is 14.3 Å². The summed E-state index contributed by atoms with van der Waals surface area (Å²) >= 11 is 0. The van der Waals surface area contributed by atoms with E-state index < -0.39 is 17.9 Å². The molecule has 2 aromatic carbocycles. The Labute approximate surface area is 169 Å². The molecule has 8 nitrogen and oxygen atoms in total. The number of para-hydroxylation sites is 1. The van der Waals surface area contributed by atoms with Crippen LogP contribution in [0.5, 0.6) is 11.5 Å². The van der Waals surface area contributed by atoms with Gasteiger partial charge in [-0.2, -0.15) is 0 Å². The van der Waals surface area contributed by atoms with Crippen LogP contribution in [0.25, 0.3) is 0 Å². The van der Waals surface area contributed by atoms with Gasteiger partial charge in [0.2, 0.25) is 0 Å². The third-order valence-corrected chi connectivity index (χ3v) is 4.38. The fourth-order valence-electron chi connectivity index (χ4n) is 2.87. The Morgan fingerprint density at radius 3 is 2.07 bits per heavy atom. The molecule has 3 amide bonds. The molecule has 29 heavy (non-hydrogen) atoms. The van der Waals surface area contributed by atoms with Crippen LogP contribution >= 0.6 is 0 Å². The van der Waals surface area contributed by atoms with E-state index in [2.05, 4.69) is 5.32 Å². The highest BCUT2D eigenvalue weighted by Crippen LogP contribution is 2.22. The minimum Gasteiger partial charge on any atom is -0.457 e. The number of carbonyl (C=O) groups excluding carboxylic acids is 3. The molecular weight excluding hydrogens is 374 g/mol. The second-order valence-electron chi connectivity index (χ2n) is 6.37. The second-order valence-corrected chi connectivity index (χ2v) is 6.37. The molecule has 1 saturated heterocycles. The fourth-order valence-corrected chi connectivity index (χ4v) is 2.87. The Bertz CT molecular complexity index is 846. The van der Waals surface area contributed by atoms with Gasteiger partial charge in [0.15, 0.2) is 0 Å². The molecule has 3 rings (SSSR count). The van der Waals surface area contributed by atoms with Crippen molar-refractivity contribution >= 4 is 23.6 Å². The first-order valence-corrected chi connectivity index (χ1v) is 9.41. The van der Waals surface area contributed by atoms with Crippen molar-refractivity contribution in [2.24, 2.45) is 0 Å². The zero-order valence-electron chi connectivity index (χ0n) is 16.2. The summed E-state index contributed by atoms with van der Waals surface area (Å²) < 4.78 is 10.6. The summed E-state index contributed by atoms with van der Waals surface area (Å²) in [4.78, 5) is 39.3. The number of carbonyl (C=O) groups is 3. The third-order valence-electron chi connectivity index (χ3n) is 4.38. The predicted molar refractivity (Wildman–Crippen MR) is 107 cm³/mol. The first kappa shape index (κ1) is 20.2. The quantitative estimate of drug-likeness (QED) is 0.802. The van der Waals surface area contributed by atoms with Gasteiger partial charge in [-0.25, -0.2) is 4.79 Å². The molecule has 1 aliphatic heterocycles. The van der Waals surface area contributed by atoms with E-state index in [-0.39, 0.29) is 13.1 Å². The van der Waals surface area contributed by atoms with Crippen LogP contribution in [0.4, 0.5) is 10.5 Å². The lowest BCUT2D eigenvalue weighted by atomic mass is 10.2. The average Bonchev–Trinajstić information content (AvgIpc) is 2.75. The van der Waals surface area contributed by atoms with Crippen LogP contribution in [0.1, 0.15) is 6.92 Å². The van der Waals surface area contributed by atoms with Crippen molar-refractivity contribution in [3.05, 3.63) is 54.6 Å². The minimum absolute atomic E-state index is 0.287. The van der Waals surface area contributed by atoms with Gasteiger partial charge in [-0.05, 0) is 43.3 Å². The summed E-state index contributed by atoms with van der Waals surface area (Å²) in [5, 5.41) is 2.59. The summed E-state index contributed by atoms with van der Waals surface area (Å²) in [7, 11) is 0. The lowest BCUT2D eigenvalue weighted by Crippen LogP contribution is -2.53. The van der Waals surface area contributed by atoms with Gasteiger partial charge < -0.3 is 24.6 Å². The molecular formula is C21H23N3O5. The van der Waals surface area contributed by atoms with Crippen LogP contribution in [-0.4, -0.2) is 60.5 Å². The predicted octanol–water partition coefficient (Wildman–Crippen LogP) is 2.72. The molecule has 152 valence electrons. The first-order chi connectivity index (χ1) is 14.1. The number of anilines is 1. The molecule has 1 aliphatic rings. The molecule has 2 aromatic rings. The van der Waals surface area contributed by atoms with E-state index in [9.17, 15) is 14.4 Å². The van der Waals surface area contributed by atoms with E-state index >= 15 is 0 Å². The molecule has 1 N–H and O–H groups in total. The molecule has 0 saturated carbocycles. The largest absolute Gasteiger partial charge is 0.457 e.